The zero-order chi connectivity index (χ0) is 17.5. The number of amides is 2. The van der Waals surface area contributed by atoms with Crippen LogP contribution in [0.1, 0.15) is 31.3 Å². The van der Waals surface area contributed by atoms with Gasteiger partial charge in [0.2, 0.25) is 5.91 Å². The molecule has 0 aliphatic heterocycles. The first kappa shape index (κ1) is 17.5. The zero-order valence-corrected chi connectivity index (χ0v) is 14.2. The van der Waals surface area contributed by atoms with Gasteiger partial charge in [-0.25, -0.2) is 4.98 Å². The molecule has 0 spiro atoms. The highest BCUT2D eigenvalue weighted by Gasteiger charge is 2.09. The smallest absolute Gasteiger partial charge is 0.274 e. The third-order valence-electron chi connectivity index (χ3n) is 3.55. The lowest BCUT2D eigenvalue weighted by Gasteiger charge is -2.20. The molecule has 0 aliphatic carbocycles. The summed E-state index contributed by atoms with van der Waals surface area (Å²) in [6.45, 7) is 7.37. The molecule has 0 bridgehead atoms. The molecule has 126 valence electrons. The fraction of sp³-hybridized carbons (Fsp3) is 0.278. The van der Waals surface area contributed by atoms with Gasteiger partial charge in [0.1, 0.15) is 5.69 Å². The van der Waals surface area contributed by atoms with E-state index in [0.29, 0.717) is 17.1 Å². The Kier molecular flexibility index (Phi) is 5.89. The third kappa shape index (κ3) is 4.55. The summed E-state index contributed by atoms with van der Waals surface area (Å²) in [5, 5.41) is 5.46. The van der Waals surface area contributed by atoms with Gasteiger partial charge >= 0.3 is 0 Å². The molecule has 0 aliphatic rings. The van der Waals surface area contributed by atoms with Crippen LogP contribution in [0.5, 0.6) is 0 Å². The Morgan fingerprint density at radius 1 is 1.04 bits per heavy atom. The Morgan fingerprint density at radius 2 is 1.71 bits per heavy atom. The summed E-state index contributed by atoms with van der Waals surface area (Å²) in [4.78, 5) is 29.8. The maximum absolute atomic E-state index is 12.3. The van der Waals surface area contributed by atoms with Gasteiger partial charge in [0.25, 0.3) is 5.91 Å². The van der Waals surface area contributed by atoms with E-state index in [9.17, 15) is 9.59 Å². The third-order valence-corrected chi connectivity index (χ3v) is 3.55. The van der Waals surface area contributed by atoms with Crippen LogP contribution < -0.4 is 15.5 Å². The first-order chi connectivity index (χ1) is 11.5. The summed E-state index contributed by atoms with van der Waals surface area (Å²) in [6.07, 6.45) is 1.70. The molecule has 0 atom stereocenters. The summed E-state index contributed by atoms with van der Waals surface area (Å²) in [7, 11) is 0. The maximum atomic E-state index is 12.3. The van der Waals surface area contributed by atoms with Crippen LogP contribution in [0.4, 0.5) is 17.1 Å². The SMILES string of the molecule is CCN(CC)c1ccc(C(=O)Nc2cccc(NC(C)=O)c2)nc1. The van der Waals surface area contributed by atoms with Gasteiger partial charge < -0.3 is 15.5 Å². The van der Waals surface area contributed by atoms with Gasteiger partial charge in [0.05, 0.1) is 11.9 Å². The van der Waals surface area contributed by atoms with Gasteiger partial charge in [0.15, 0.2) is 0 Å². The first-order valence-corrected chi connectivity index (χ1v) is 7.93. The van der Waals surface area contributed by atoms with E-state index in [1.54, 1.807) is 36.5 Å². The largest absolute Gasteiger partial charge is 0.371 e. The van der Waals surface area contributed by atoms with Crippen molar-refractivity contribution < 1.29 is 9.59 Å². The molecule has 0 saturated heterocycles. The van der Waals surface area contributed by atoms with Gasteiger partial charge in [-0.1, -0.05) is 6.07 Å². The molecule has 0 saturated carbocycles. The predicted octanol–water partition coefficient (Wildman–Crippen LogP) is 3.14. The van der Waals surface area contributed by atoms with Gasteiger partial charge in [0, 0.05) is 31.4 Å². The molecule has 2 amide bonds. The van der Waals surface area contributed by atoms with Crippen molar-refractivity contribution in [1.29, 1.82) is 0 Å². The van der Waals surface area contributed by atoms with Gasteiger partial charge in [-0.05, 0) is 44.2 Å². The van der Waals surface area contributed by atoms with E-state index in [1.807, 2.05) is 6.07 Å². The topological polar surface area (TPSA) is 74.3 Å². The van der Waals surface area contributed by atoms with E-state index >= 15 is 0 Å². The van der Waals surface area contributed by atoms with Crippen molar-refractivity contribution in [2.45, 2.75) is 20.8 Å². The highest BCUT2D eigenvalue weighted by atomic mass is 16.2. The maximum Gasteiger partial charge on any atom is 0.274 e. The molecule has 0 unspecified atom stereocenters. The molecule has 1 aromatic heterocycles. The number of carbonyl (C=O) groups excluding carboxylic acids is 2. The Morgan fingerprint density at radius 3 is 2.25 bits per heavy atom. The Hall–Kier alpha value is -2.89. The number of nitrogens with one attached hydrogen (secondary N) is 2. The van der Waals surface area contributed by atoms with Crippen LogP contribution in [0, 0.1) is 0 Å². The number of benzene rings is 1. The number of hydrogen-bond donors (Lipinski definition) is 2. The second-order valence-electron chi connectivity index (χ2n) is 5.29. The molecule has 2 aromatic rings. The molecule has 6 heteroatoms. The van der Waals surface area contributed by atoms with Crippen molar-refractivity contribution in [2.75, 3.05) is 28.6 Å². The number of pyridine rings is 1. The highest BCUT2D eigenvalue weighted by molar-refractivity contribution is 6.03. The molecule has 0 radical (unpaired) electrons. The van der Waals surface area contributed by atoms with Crippen molar-refractivity contribution in [3.63, 3.8) is 0 Å². The van der Waals surface area contributed by atoms with Crippen molar-refractivity contribution in [2.24, 2.45) is 0 Å². The molecular weight excluding hydrogens is 304 g/mol. The number of nitrogens with zero attached hydrogens (tertiary/aromatic N) is 2. The van der Waals surface area contributed by atoms with Crippen molar-refractivity contribution >= 4 is 28.9 Å². The number of carbonyl (C=O) groups is 2. The summed E-state index contributed by atoms with van der Waals surface area (Å²) in [5.41, 5.74) is 2.56. The molecular formula is C18H22N4O2. The van der Waals surface area contributed by atoms with Gasteiger partial charge in [-0.2, -0.15) is 0 Å². The molecule has 6 nitrogen and oxygen atoms in total. The highest BCUT2D eigenvalue weighted by Crippen LogP contribution is 2.17. The Bertz CT molecular complexity index is 709. The lowest BCUT2D eigenvalue weighted by Crippen LogP contribution is -2.22. The van der Waals surface area contributed by atoms with Gasteiger partial charge in [-0.15, -0.1) is 0 Å². The average Bonchev–Trinajstić information content (AvgIpc) is 2.56. The van der Waals surface area contributed by atoms with Crippen LogP contribution in [0.2, 0.25) is 0 Å². The van der Waals surface area contributed by atoms with E-state index in [-0.39, 0.29) is 11.8 Å². The van der Waals surface area contributed by atoms with E-state index < -0.39 is 0 Å². The second kappa shape index (κ2) is 8.10. The van der Waals surface area contributed by atoms with Crippen molar-refractivity contribution in [3.8, 4) is 0 Å². The molecule has 0 fully saturated rings. The van der Waals surface area contributed by atoms with Crippen molar-refractivity contribution in [3.05, 3.63) is 48.3 Å². The number of rotatable bonds is 6. The van der Waals surface area contributed by atoms with E-state index in [2.05, 4.69) is 34.4 Å². The minimum absolute atomic E-state index is 0.160. The molecule has 2 N–H and O–H groups in total. The van der Waals surface area contributed by atoms with Gasteiger partial charge in [-0.3, -0.25) is 9.59 Å². The number of anilines is 3. The Labute approximate surface area is 141 Å². The van der Waals surface area contributed by atoms with E-state index in [0.717, 1.165) is 18.8 Å². The monoisotopic (exact) mass is 326 g/mol. The van der Waals surface area contributed by atoms with Crippen LogP contribution in [0.15, 0.2) is 42.6 Å². The van der Waals surface area contributed by atoms with E-state index in [1.165, 1.54) is 6.92 Å². The van der Waals surface area contributed by atoms with Crippen LogP contribution in [0.25, 0.3) is 0 Å². The zero-order valence-electron chi connectivity index (χ0n) is 14.2. The molecule has 2 rings (SSSR count). The molecule has 24 heavy (non-hydrogen) atoms. The number of aromatic nitrogens is 1. The normalized spacial score (nSPS) is 10.1. The quantitative estimate of drug-likeness (QED) is 0.855. The Balaban J connectivity index is 2.08. The minimum Gasteiger partial charge on any atom is -0.371 e. The molecule has 1 aromatic carbocycles. The lowest BCUT2D eigenvalue weighted by atomic mass is 10.2. The van der Waals surface area contributed by atoms with E-state index in [4.69, 9.17) is 0 Å². The second-order valence-corrected chi connectivity index (χ2v) is 5.29. The van der Waals surface area contributed by atoms with Crippen LogP contribution in [-0.4, -0.2) is 29.9 Å². The first-order valence-electron chi connectivity index (χ1n) is 7.93. The predicted molar refractivity (Wildman–Crippen MR) is 96.5 cm³/mol. The molecule has 1 heterocycles. The van der Waals surface area contributed by atoms with Crippen LogP contribution in [0.3, 0.4) is 0 Å². The van der Waals surface area contributed by atoms with Crippen LogP contribution in [-0.2, 0) is 4.79 Å². The lowest BCUT2D eigenvalue weighted by molar-refractivity contribution is -0.114. The van der Waals surface area contributed by atoms with Crippen LogP contribution >= 0.6 is 0 Å². The number of hydrogen-bond acceptors (Lipinski definition) is 4. The standard InChI is InChI=1S/C18H22N4O2/c1-4-22(5-2)16-9-10-17(19-12-16)18(24)21-15-8-6-7-14(11-15)20-13(3)23/h6-12H,4-5H2,1-3H3,(H,20,23)(H,21,24). The summed E-state index contributed by atoms with van der Waals surface area (Å²) in [5.74, 6) is -0.451. The average molecular weight is 326 g/mol. The van der Waals surface area contributed by atoms with Crippen molar-refractivity contribution in [1.82, 2.24) is 4.98 Å². The minimum atomic E-state index is -0.291. The summed E-state index contributed by atoms with van der Waals surface area (Å²) in [6, 6.07) is 10.6. The summed E-state index contributed by atoms with van der Waals surface area (Å²) < 4.78 is 0. The fourth-order valence-electron chi connectivity index (χ4n) is 2.37. The summed E-state index contributed by atoms with van der Waals surface area (Å²) >= 11 is 0. The fourth-order valence-corrected chi connectivity index (χ4v) is 2.37.